The number of anilines is 1. The molecule has 0 spiro atoms. The van der Waals surface area contributed by atoms with Crippen molar-refractivity contribution in [2.45, 2.75) is 6.54 Å². The Bertz CT molecular complexity index is 571. The SMILES string of the molecule is Fc1ccc(Cl)c(NCc2cccc(F)c2Cl)c1. The van der Waals surface area contributed by atoms with Crippen LogP contribution in [0.3, 0.4) is 0 Å². The van der Waals surface area contributed by atoms with Gasteiger partial charge in [0.1, 0.15) is 11.6 Å². The van der Waals surface area contributed by atoms with Gasteiger partial charge in [-0.3, -0.25) is 0 Å². The zero-order valence-electron chi connectivity index (χ0n) is 9.18. The van der Waals surface area contributed by atoms with Crippen LogP contribution in [0.1, 0.15) is 5.56 Å². The van der Waals surface area contributed by atoms with E-state index in [9.17, 15) is 8.78 Å². The molecule has 0 aliphatic carbocycles. The Morgan fingerprint density at radius 2 is 1.83 bits per heavy atom. The predicted molar refractivity (Wildman–Crippen MR) is 70.1 cm³/mol. The Kier molecular flexibility index (Phi) is 4.04. The topological polar surface area (TPSA) is 12.0 Å². The fraction of sp³-hybridized carbons (Fsp3) is 0.0769. The Balaban J connectivity index is 2.16. The molecule has 0 bridgehead atoms. The number of rotatable bonds is 3. The van der Waals surface area contributed by atoms with E-state index >= 15 is 0 Å². The van der Waals surface area contributed by atoms with Gasteiger partial charge in [-0.15, -0.1) is 0 Å². The van der Waals surface area contributed by atoms with Crippen LogP contribution < -0.4 is 5.32 Å². The normalized spacial score (nSPS) is 10.4. The molecule has 0 saturated heterocycles. The lowest BCUT2D eigenvalue weighted by Gasteiger charge is -2.10. The summed E-state index contributed by atoms with van der Waals surface area (Å²) in [6.07, 6.45) is 0. The molecule has 0 amide bonds. The second-order valence-electron chi connectivity index (χ2n) is 3.69. The minimum atomic E-state index is -0.485. The van der Waals surface area contributed by atoms with Gasteiger partial charge in [0, 0.05) is 6.54 Å². The zero-order valence-corrected chi connectivity index (χ0v) is 10.7. The summed E-state index contributed by atoms with van der Waals surface area (Å²) in [4.78, 5) is 0. The van der Waals surface area contributed by atoms with Crippen molar-refractivity contribution in [2.24, 2.45) is 0 Å². The highest BCUT2D eigenvalue weighted by atomic mass is 35.5. The van der Waals surface area contributed by atoms with Crippen LogP contribution in [-0.4, -0.2) is 0 Å². The summed E-state index contributed by atoms with van der Waals surface area (Å²) in [6.45, 7) is 0.264. The molecule has 2 aromatic carbocycles. The Labute approximate surface area is 113 Å². The lowest BCUT2D eigenvalue weighted by Crippen LogP contribution is -2.01. The maximum absolute atomic E-state index is 13.2. The first-order valence-electron chi connectivity index (χ1n) is 5.20. The Morgan fingerprint density at radius 1 is 1.06 bits per heavy atom. The van der Waals surface area contributed by atoms with Crippen molar-refractivity contribution in [1.29, 1.82) is 0 Å². The van der Waals surface area contributed by atoms with E-state index in [1.54, 1.807) is 12.1 Å². The van der Waals surface area contributed by atoms with Crippen molar-refractivity contribution < 1.29 is 8.78 Å². The molecule has 0 atom stereocenters. The van der Waals surface area contributed by atoms with Gasteiger partial charge in [-0.05, 0) is 29.8 Å². The minimum Gasteiger partial charge on any atom is -0.380 e. The first-order chi connectivity index (χ1) is 8.58. The number of nitrogens with one attached hydrogen (secondary N) is 1. The van der Waals surface area contributed by atoms with Crippen LogP contribution in [0.2, 0.25) is 10.0 Å². The summed E-state index contributed by atoms with van der Waals surface area (Å²) in [7, 11) is 0. The second kappa shape index (κ2) is 5.55. The summed E-state index contributed by atoms with van der Waals surface area (Å²) in [5.74, 6) is -0.881. The lowest BCUT2D eigenvalue weighted by molar-refractivity contribution is 0.625. The van der Waals surface area contributed by atoms with E-state index in [4.69, 9.17) is 23.2 Å². The van der Waals surface area contributed by atoms with E-state index in [-0.39, 0.29) is 11.6 Å². The van der Waals surface area contributed by atoms with E-state index in [0.29, 0.717) is 16.3 Å². The molecule has 0 aliphatic rings. The highest BCUT2D eigenvalue weighted by Crippen LogP contribution is 2.25. The van der Waals surface area contributed by atoms with Crippen molar-refractivity contribution in [2.75, 3.05) is 5.32 Å². The fourth-order valence-electron chi connectivity index (χ4n) is 1.51. The van der Waals surface area contributed by atoms with Gasteiger partial charge in [0.15, 0.2) is 0 Å². The first kappa shape index (κ1) is 13.1. The van der Waals surface area contributed by atoms with Crippen LogP contribution in [0, 0.1) is 11.6 Å². The van der Waals surface area contributed by atoms with E-state index in [1.165, 1.54) is 24.3 Å². The van der Waals surface area contributed by atoms with Gasteiger partial charge in [0.05, 0.1) is 15.7 Å². The molecule has 0 radical (unpaired) electrons. The fourth-order valence-corrected chi connectivity index (χ4v) is 1.89. The molecule has 18 heavy (non-hydrogen) atoms. The lowest BCUT2D eigenvalue weighted by atomic mass is 10.2. The quantitative estimate of drug-likeness (QED) is 0.848. The molecule has 1 nitrogen and oxygen atoms in total. The van der Waals surface area contributed by atoms with Gasteiger partial charge in [-0.2, -0.15) is 0 Å². The van der Waals surface area contributed by atoms with Crippen LogP contribution >= 0.6 is 23.2 Å². The third kappa shape index (κ3) is 2.92. The van der Waals surface area contributed by atoms with Crippen molar-refractivity contribution in [1.82, 2.24) is 0 Å². The molecule has 94 valence electrons. The summed E-state index contributed by atoms with van der Waals surface area (Å²) in [5.41, 5.74) is 1.02. The Morgan fingerprint density at radius 3 is 2.61 bits per heavy atom. The second-order valence-corrected chi connectivity index (χ2v) is 4.48. The molecule has 1 N–H and O–H groups in total. The monoisotopic (exact) mass is 287 g/mol. The van der Waals surface area contributed by atoms with Gasteiger partial charge >= 0.3 is 0 Å². The third-order valence-electron chi connectivity index (χ3n) is 2.43. The minimum absolute atomic E-state index is 0.0533. The van der Waals surface area contributed by atoms with Gasteiger partial charge < -0.3 is 5.32 Å². The highest BCUT2D eigenvalue weighted by molar-refractivity contribution is 6.33. The van der Waals surface area contributed by atoms with Crippen LogP contribution in [0.5, 0.6) is 0 Å². The van der Waals surface area contributed by atoms with E-state index in [1.807, 2.05) is 0 Å². The zero-order chi connectivity index (χ0) is 13.1. The third-order valence-corrected chi connectivity index (χ3v) is 3.18. The summed E-state index contributed by atoms with van der Waals surface area (Å²) < 4.78 is 26.2. The summed E-state index contributed by atoms with van der Waals surface area (Å²) >= 11 is 11.7. The van der Waals surface area contributed by atoms with Crippen LogP contribution in [0.15, 0.2) is 36.4 Å². The molecule has 0 saturated carbocycles. The molecular weight excluding hydrogens is 279 g/mol. The average Bonchev–Trinajstić information content (AvgIpc) is 2.35. The number of hydrogen-bond donors (Lipinski definition) is 1. The van der Waals surface area contributed by atoms with Crippen LogP contribution in [-0.2, 0) is 6.54 Å². The molecule has 5 heteroatoms. The van der Waals surface area contributed by atoms with Crippen LogP contribution in [0.4, 0.5) is 14.5 Å². The average molecular weight is 288 g/mol. The molecule has 0 unspecified atom stereocenters. The molecule has 2 aromatic rings. The number of hydrogen-bond acceptors (Lipinski definition) is 1. The standard InChI is InChI=1S/C13H9Cl2F2N/c14-10-5-4-9(16)6-12(10)18-7-8-2-1-3-11(17)13(8)15/h1-6,18H,7H2. The van der Waals surface area contributed by atoms with E-state index < -0.39 is 11.6 Å². The maximum atomic E-state index is 13.2. The van der Waals surface area contributed by atoms with Crippen molar-refractivity contribution in [3.05, 3.63) is 63.6 Å². The largest absolute Gasteiger partial charge is 0.380 e. The molecule has 0 aliphatic heterocycles. The molecule has 2 rings (SSSR count). The van der Waals surface area contributed by atoms with Gasteiger partial charge in [0.2, 0.25) is 0 Å². The molecule has 0 heterocycles. The van der Waals surface area contributed by atoms with E-state index in [2.05, 4.69) is 5.32 Å². The van der Waals surface area contributed by atoms with Crippen molar-refractivity contribution in [3.63, 3.8) is 0 Å². The highest BCUT2D eigenvalue weighted by Gasteiger charge is 2.07. The van der Waals surface area contributed by atoms with Gasteiger partial charge in [-0.1, -0.05) is 35.3 Å². The smallest absolute Gasteiger partial charge is 0.142 e. The van der Waals surface area contributed by atoms with Crippen molar-refractivity contribution >= 4 is 28.9 Å². The summed E-state index contributed by atoms with van der Waals surface area (Å²) in [5, 5.41) is 3.36. The van der Waals surface area contributed by atoms with Gasteiger partial charge in [0.25, 0.3) is 0 Å². The Hall–Kier alpha value is -1.32. The van der Waals surface area contributed by atoms with Crippen LogP contribution in [0.25, 0.3) is 0 Å². The molecular formula is C13H9Cl2F2N. The first-order valence-corrected chi connectivity index (χ1v) is 5.95. The van der Waals surface area contributed by atoms with Crippen molar-refractivity contribution in [3.8, 4) is 0 Å². The van der Waals surface area contributed by atoms with Gasteiger partial charge in [-0.25, -0.2) is 8.78 Å². The number of benzene rings is 2. The maximum Gasteiger partial charge on any atom is 0.142 e. The number of halogens is 4. The molecule has 0 fully saturated rings. The predicted octanol–water partition coefficient (Wildman–Crippen LogP) is 4.88. The summed E-state index contributed by atoms with van der Waals surface area (Å²) in [6, 6.07) is 8.52. The molecule has 0 aromatic heterocycles. The van der Waals surface area contributed by atoms with E-state index in [0.717, 1.165) is 0 Å².